The van der Waals surface area contributed by atoms with Gasteiger partial charge in [-0.3, -0.25) is 15.0 Å². The molecule has 0 saturated heterocycles. The fourth-order valence-electron chi connectivity index (χ4n) is 1.19. The summed E-state index contributed by atoms with van der Waals surface area (Å²) in [5.74, 6) is 4.07. The zero-order valence-corrected chi connectivity index (χ0v) is 5.59. The van der Waals surface area contributed by atoms with E-state index in [2.05, 4.69) is 0 Å². The Balaban J connectivity index is 2.55. The van der Waals surface area contributed by atoms with E-state index in [1.54, 1.807) is 0 Å². The number of ketones is 1. The third kappa shape index (κ3) is 1.16. The highest BCUT2D eigenvalue weighted by Gasteiger charge is 2.30. The number of rotatable bonds is 1. The van der Waals surface area contributed by atoms with Crippen molar-refractivity contribution in [3.05, 3.63) is 0 Å². The summed E-state index contributed by atoms with van der Waals surface area (Å²) in [7, 11) is 0. The molecule has 0 heterocycles. The van der Waals surface area contributed by atoms with E-state index < -0.39 is 5.92 Å². The Morgan fingerprint density at radius 2 is 2.40 bits per heavy atom. The van der Waals surface area contributed by atoms with Crippen LogP contribution in [0.5, 0.6) is 0 Å². The molecular formula is C6H10N2O2. The van der Waals surface area contributed by atoms with Gasteiger partial charge in [0.2, 0.25) is 5.91 Å². The summed E-state index contributed by atoms with van der Waals surface area (Å²) in [4.78, 5) is 21.6. The van der Waals surface area contributed by atoms with Crippen molar-refractivity contribution in [1.82, 2.24) is 5.43 Å². The topological polar surface area (TPSA) is 72.2 Å². The highest BCUT2D eigenvalue weighted by Crippen LogP contribution is 2.20. The second-order valence-electron chi connectivity index (χ2n) is 2.42. The van der Waals surface area contributed by atoms with E-state index in [1.165, 1.54) is 0 Å². The van der Waals surface area contributed by atoms with Crippen molar-refractivity contribution < 1.29 is 9.59 Å². The van der Waals surface area contributed by atoms with Crippen molar-refractivity contribution in [2.24, 2.45) is 11.8 Å². The van der Waals surface area contributed by atoms with Crippen LogP contribution in [0.1, 0.15) is 19.3 Å². The van der Waals surface area contributed by atoms with E-state index in [1.807, 2.05) is 5.43 Å². The number of carbonyl (C=O) groups is 2. The van der Waals surface area contributed by atoms with Gasteiger partial charge in [-0.25, -0.2) is 5.84 Å². The molecule has 1 fully saturated rings. The van der Waals surface area contributed by atoms with Crippen molar-refractivity contribution in [3.63, 3.8) is 0 Å². The van der Waals surface area contributed by atoms with Gasteiger partial charge in [-0.1, -0.05) is 0 Å². The Hall–Kier alpha value is -0.900. The first-order valence-corrected chi connectivity index (χ1v) is 3.29. The van der Waals surface area contributed by atoms with Crippen molar-refractivity contribution >= 4 is 11.7 Å². The van der Waals surface area contributed by atoms with E-state index in [9.17, 15) is 9.59 Å². The second kappa shape index (κ2) is 2.79. The standard InChI is InChI=1S/C6H10N2O2/c7-8-6(10)4-2-1-3-5(4)9/h4H,1-3,7H2,(H,8,10)/t4-/m0/s1. The number of hydrazine groups is 1. The average molecular weight is 142 g/mol. The predicted molar refractivity (Wildman–Crippen MR) is 34.7 cm³/mol. The van der Waals surface area contributed by atoms with E-state index >= 15 is 0 Å². The molecule has 0 aromatic rings. The lowest BCUT2D eigenvalue weighted by molar-refractivity contribution is -0.132. The first kappa shape index (κ1) is 7.21. The predicted octanol–water partition coefficient (Wildman–Crippen LogP) is -0.655. The smallest absolute Gasteiger partial charge is 0.244 e. The third-order valence-electron chi connectivity index (χ3n) is 1.76. The van der Waals surface area contributed by atoms with Crippen LogP contribution in [-0.2, 0) is 9.59 Å². The highest BCUT2D eigenvalue weighted by molar-refractivity contribution is 6.02. The number of hydrogen-bond acceptors (Lipinski definition) is 3. The maximum Gasteiger partial charge on any atom is 0.244 e. The van der Waals surface area contributed by atoms with Crippen molar-refractivity contribution in [2.75, 3.05) is 0 Å². The molecule has 1 saturated carbocycles. The van der Waals surface area contributed by atoms with Gasteiger partial charge < -0.3 is 0 Å². The van der Waals surface area contributed by atoms with E-state index in [0.717, 1.165) is 6.42 Å². The molecule has 1 aliphatic rings. The number of amides is 1. The van der Waals surface area contributed by atoms with Crippen LogP contribution in [0.3, 0.4) is 0 Å². The summed E-state index contributed by atoms with van der Waals surface area (Å²) in [6.45, 7) is 0. The van der Waals surface area contributed by atoms with Crippen LogP contribution < -0.4 is 11.3 Å². The summed E-state index contributed by atoms with van der Waals surface area (Å²) in [6.07, 6.45) is 2.00. The molecular weight excluding hydrogens is 132 g/mol. The van der Waals surface area contributed by atoms with Crippen LogP contribution in [0.15, 0.2) is 0 Å². The molecule has 0 bridgehead atoms. The molecule has 1 amide bonds. The van der Waals surface area contributed by atoms with E-state index in [-0.39, 0.29) is 11.7 Å². The number of hydrogen-bond donors (Lipinski definition) is 2. The molecule has 1 aliphatic carbocycles. The van der Waals surface area contributed by atoms with Gasteiger partial charge >= 0.3 is 0 Å². The molecule has 4 heteroatoms. The van der Waals surface area contributed by atoms with Gasteiger partial charge in [0.25, 0.3) is 0 Å². The monoisotopic (exact) mass is 142 g/mol. The SMILES string of the molecule is NNC(=O)[C@H]1CCCC1=O. The molecule has 4 nitrogen and oxygen atoms in total. The molecule has 1 atom stereocenters. The molecule has 0 unspecified atom stereocenters. The zero-order valence-electron chi connectivity index (χ0n) is 5.59. The molecule has 0 radical (unpaired) electrons. The number of nitrogens with two attached hydrogens (primary N) is 1. The first-order valence-electron chi connectivity index (χ1n) is 3.29. The van der Waals surface area contributed by atoms with Crippen LogP contribution in [-0.4, -0.2) is 11.7 Å². The lowest BCUT2D eigenvalue weighted by Gasteiger charge is -2.03. The van der Waals surface area contributed by atoms with Crippen LogP contribution in [0.2, 0.25) is 0 Å². The van der Waals surface area contributed by atoms with Gasteiger partial charge in [-0.2, -0.15) is 0 Å². The lowest BCUT2D eigenvalue weighted by atomic mass is 10.1. The minimum Gasteiger partial charge on any atom is -0.299 e. The molecule has 0 spiro atoms. The molecule has 1 rings (SSSR count). The van der Waals surface area contributed by atoms with E-state index in [0.29, 0.717) is 12.8 Å². The summed E-state index contributed by atoms with van der Waals surface area (Å²) in [5.41, 5.74) is 1.98. The molecule has 0 aliphatic heterocycles. The maximum absolute atomic E-state index is 10.9. The summed E-state index contributed by atoms with van der Waals surface area (Å²) in [5, 5.41) is 0. The minimum atomic E-state index is -0.468. The van der Waals surface area contributed by atoms with Gasteiger partial charge in [0.1, 0.15) is 5.78 Å². The Morgan fingerprint density at radius 1 is 1.70 bits per heavy atom. The van der Waals surface area contributed by atoms with Gasteiger partial charge in [0, 0.05) is 6.42 Å². The van der Waals surface area contributed by atoms with E-state index in [4.69, 9.17) is 5.84 Å². The molecule has 0 aromatic carbocycles. The van der Waals surface area contributed by atoms with Crippen LogP contribution >= 0.6 is 0 Å². The zero-order chi connectivity index (χ0) is 7.56. The van der Waals surface area contributed by atoms with Crippen LogP contribution in [0.25, 0.3) is 0 Å². The summed E-state index contributed by atoms with van der Waals surface area (Å²) >= 11 is 0. The van der Waals surface area contributed by atoms with Crippen LogP contribution in [0.4, 0.5) is 0 Å². The Labute approximate surface area is 58.7 Å². The molecule has 56 valence electrons. The fourth-order valence-corrected chi connectivity index (χ4v) is 1.19. The quantitative estimate of drug-likeness (QED) is 0.221. The Morgan fingerprint density at radius 3 is 2.80 bits per heavy atom. The fraction of sp³-hybridized carbons (Fsp3) is 0.667. The Kier molecular flexibility index (Phi) is 2.01. The largest absolute Gasteiger partial charge is 0.299 e. The van der Waals surface area contributed by atoms with Crippen molar-refractivity contribution in [1.29, 1.82) is 0 Å². The van der Waals surface area contributed by atoms with Crippen molar-refractivity contribution in [3.8, 4) is 0 Å². The van der Waals surface area contributed by atoms with Gasteiger partial charge in [0.05, 0.1) is 5.92 Å². The number of Topliss-reactive ketones (excluding diaryl/α,β-unsaturated/α-hetero) is 1. The minimum absolute atomic E-state index is 0.0166. The van der Waals surface area contributed by atoms with Gasteiger partial charge in [-0.15, -0.1) is 0 Å². The lowest BCUT2D eigenvalue weighted by Crippen LogP contribution is -2.37. The number of carbonyl (C=O) groups excluding carboxylic acids is 2. The molecule has 0 aromatic heterocycles. The highest BCUT2D eigenvalue weighted by atomic mass is 16.2. The average Bonchev–Trinajstić information content (AvgIpc) is 2.34. The summed E-state index contributed by atoms with van der Waals surface area (Å²) in [6, 6.07) is 0. The second-order valence-corrected chi connectivity index (χ2v) is 2.42. The maximum atomic E-state index is 10.9. The molecule has 10 heavy (non-hydrogen) atoms. The third-order valence-corrected chi connectivity index (χ3v) is 1.76. The summed E-state index contributed by atoms with van der Waals surface area (Å²) < 4.78 is 0. The van der Waals surface area contributed by atoms with Gasteiger partial charge in [-0.05, 0) is 12.8 Å². The first-order chi connectivity index (χ1) is 4.75. The number of nitrogens with one attached hydrogen (secondary N) is 1. The van der Waals surface area contributed by atoms with Crippen molar-refractivity contribution in [2.45, 2.75) is 19.3 Å². The van der Waals surface area contributed by atoms with Gasteiger partial charge in [0.15, 0.2) is 0 Å². The normalized spacial score (nSPS) is 24.9. The Bertz CT molecular complexity index is 167. The molecule has 3 N–H and O–H groups in total. The van der Waals surface area contributed by atoms with Crippen LogP contribution in [0, 0.1) is 5.92 Å².